The number of halogens is 1. The Morgan fingerprint density at radius 1 is 1.21 bits per heavy atom. The lowest BCUT2D eigenvalue weighted by molar-refractivity contribution is 0.338. The maximum atomic E-state index is 14.8. The minimum Gasteiger partial charge on any atom is -0.494 e. The summed E-state index contributed by atoms with van der Waals surface area (Å²) in [5.74, 6) is 0.135. The molecule has 0 saturated carbocycles. The Bertz CT molecular complexity index is 1070. The normalized spacial score (nSPS) is 15.1. The maximum Gasteiger partial charge on any atom is 0.152 e. The van der Waals surface area contributed by atoms with E-state index in [2.05, 4.69) is 28.2 Å². The number of likely N-dealkylation sites (N-methyl/N-ethyl adjacent to an activating group) is 1. The van der Waals surface area contributed by atoms with Crippen molar-refractivity contribution in [2.45, 2.75) is 27.2 Å². The van der Waals surface area contributed by atoms with Crippen LogP contribution in [0.1, 0.15) is 30.4 Å². The summed E-state index contributed by atoms with van der Waals surface area (Å²) >= 11 is 0. The molecule has 2 aromatic heterocycles. The Kier molecular flexibility index (Phi) is 4.85. The molecular formula is C21H24FN5O. The molecule has 28 heavy (non-hydrogen) atoms. The topological polar surface area (TPSA) is 56.1 Å². The van der Waals surface area contributed by atoms with Crippen LogP contribution in [0.15, 0.2) is 24.3 Å². The maximum absolute atomic E-state index is 14.8. The molecule has 0 saturated heterocycles. The van der Waals surface area contributed by atoms with Crippen LogP contribution in [-0.4, -0.2) is 51.6 Å². The largest absolute Gasteiger partial charge is 0.494 e. The fourth-order valence-corrected chi connectivity index (χ4v) is 3.68. The lowest BCUT2D eigenvalue weighted by atomic mass is 10.0. The van der Waals surface area contributed by atoms with E-state index in [9.17, 15) is 4.39 Å². The molecule has 0 radical (unpaired) electrons. The van der Waals surface area contributed by atoms with Crippen molar-refractivity contribution in [1.29, 1.82) is 0 Å². The zero-order valence-corrected chi connectivity index (χ0v) is 16.7. The van der Waals surface area contributed by atoms with E-state index in [-0.39, 0.29) is 5.82 Å². The van der Waals surface area contributed by atoms with E-state index >= 15 is 0 Å². The van der Waals surface area contributed by atoms with Crippen LogP contribution in [0.25, 0.3) is 22.2 Å². The van der Waals surface area contributed by atoms with Crippen LogP contribution >= 0.6 is 0 Å². The second-order valence-electron chi connectivity index (χ2n) is 7.14. The Morgan fingerprint density at radius 3 is 2.71 bits per heavy atom. The molecule has 0 unspecified atom stereocenters. The zero-order valence-electron chi connectivity index (χ0n) is 16.7. The molecule has 0 atom stereocenters. The van der Waals surface area contributed by atoms with Gasteiger partial charge in [0.15, 0.2) is 5.82 Å². The Morgan fingerprint density at radius 2 is 2.04 bits per heavy atom. The van der Waals surface area contributed by atoms with Crippen molar-refractivity contribution in [1.82, 2.24) is 24.9 Å². The summed E-state index contributed by atoms with van der Waals surface area (Å²) in [6.07, 6.45) is 3.07. The molecule has 0 bridgehead atoms. The number of nitrogens with zero attached hydrogens (tertiary/aromatic N) is 5. The first kappa shape index (κ1) is 18.6. The van der Waals surface area contributed by atoms with Crippen LogP contribution in [0.2, 0.25) is 0 Å². The number of ether oxygens (including phenoxy) is 1. The zero-order chi connectivity index (χ0) is 19.8. The van der Waals surface area contributed by atoms with E-state index in [1.807, 2.05) is 20.8 Å². The minimum absolute atomic E-state index is 0.375. The number of aromatic nitrogens is 4. The molecule has 3 aromatic rings. The first-order chi connectivity index (χ1) is 13.5. The van der Waals surface area contributed by atoms with Gasteiger partial charge in [0, 0.05) is 24.5 Å². The third-order valence-corrected chi connectivity index (χ3v) is 5.18. The molecule has 1 aliphatic rings. The van der Waals surface area contributed by atoms with Gasteiger partial charge in [-0.3, -0.25) is 0 Å². The highest BCUT2D eigenvalue weighted by Gasteiger charge is 2.21. The van der Waals surface area contributed by atoms with Gasteiger partial charge in [0.25, 0.3) is 0 Å². The average molecular weight is 381 g/mol. The lowest BCUT2D eigenvalue weighted by Crippen LogP contribution is -2.24. The van der Waals surface area contributed by atoms with Crippen molar-refractivity contribution in [3.63, 3.8) is 0 Å². The van der Waals surface area contributed by atoms with Crippen molar-refractivity contribution in [3.8, 4) is 11.4 Å². The fourth-order valence-electron chi connectivity index (χ4n) is 3.68. The summed E-state index contributed by atoms with van der Waals surface area (Å²) in [6, 6.07) is 4.86. The third-order valence-electron chi connectivity index (χ3n) is 5.18. The molecule has 4 rings (SSSR count). The Labute approximate surface area is 163 Å². The van der Waals surface area contributed by atoms with Gasteiger partial charge in [-0.25, -0.2) is 9.07 Å². The molecule has 0 N–H and O–H groups in total. The monoisotopic (exact) mass is 381 g/mol. The third kappa shape index (κ3) is 3.16. The first-order valence-electron chi connectivity index (χ1n) is 9.53. The second kappa shape index (κ2) is 7.31. The van der Waals surface area contributed by atoms with Crippen molar-refractivity contribution >= 4 is 16.5 Å². The number of rotatable bonds is 4. The van der Waals surface area contributed by atoms with E-state index in [0.717, 1.165) is 53.1 Å². The van der Waals surface area contributed by atoms with Gasteiger partial charge in [-0.15, -0.1) is 5.10 Å². The van der Waals surface area contributed by atoms with Gasteiger partial charge in [0.2, 0.25) is 0 Å². The highest BCUT2D eigenvalue weighted by molar-refractivity contribution is 5.92. The molecule has 7 heteroatoms. The number of hydrogen-bond donors (Lipinski definition) is 0. The van der Waals surface area contributed by atoms with Gasteiger partial charge in [-0.05, 0) is 51.9 Å². The smallest absolute Gasteiger partial charge is 0.152 e. The Hall–Kier alpha value is -2.80. The van der Waals surface area contributed by atoms with Crippen molar-refractivity contribution < 1.29 is 9.13 Å². The van der Waals surface area contributed by atoms with E-state index in [1.54, 1.807) is 16.8 Å². The number of fused-ring (bicyclic) bond motifs is 1. The molecule has 6 nitrogen and oxygen atoms in total. The van der Waals surface area contributed by atoms with Crippen molar-refractivity contribution in [3.05, 3.63) is 47.2 Å². The van der Waals surface area contributed by atoms with Gasteiger partial charge in [0.1, 0.15) is 22.6 Å². The summed E-state index contributed by atoms with van der Waals surface area (Å²) < 4.78 is 21.8. The van der Waals surface area contributed by atoms with Crippen LogP contribution in [0.5, 0.6) is 5.75 Å². The van der Waals surface area contributed by atoms with Crippen LogP contribution in [0.4, 0.5) is 4.39 Å². The molecule has 0 fully saturated rings. The van der Waals surface area contributed by atoms with E-state index in [0.29, 0.717) is 18.0 Å². The van der Waals surface area contributed by atoms with Gasteiger partial charge >= 0.3 is 0 Å². The molecule has 1 aliphatic heterocycles. The van der Waals surface area contributed by atoms with Gasteiger partial charge in [-0.1, -0.05) is 6.08 Å². The summed E-state index contributed by atoms with van der Waals surface area (Å²) in [6.45, 7) is 8.06. The average Bonchev–Trinajstić information content (AvgIpc) is 3.01. The minimum atomic E-state index is -0.375. The number of benzene rings is 1. The van der Waals surface area contributed by atoms with Crippen molar-refractivity contribution in [2.75, 3.05) is 26.7 Å². The molecule has 3 heterocycles. The van der Waals surface area contributed by atoms with Crippen LogP contribution in [0, 0.1) is 19.7 Å². The molecule has 0 spiro atoms. The number of aryl methyl sites for hydroxylation is 2. The first-order valence-corrected chi connectivity index (χ1v) is 9.53. The predicted molar refractivity (Wildman–Crippen MR) is 107 cm³/mol. The fraction of sp³-hybridized carbons (Fsp3) is 0.381. The Balaban J connectivity index is 1.87. The summed E-state index contributed by atoms with van der Waals surface area (Å²) in [4.78, 5) is 2.25. The molecular weight excluding hydrogens is 357 g/mol. The molecule has 146 valence electrons. The number of hydrogen-bond acceptors (Lipinski definition) is 5. The van der Waals surface area contributed by atoms with E-state index < -0.39 is 0 Å². The molecule has 0 amide bonds. The standard InChI is InChI=1S/C21H24FN5O/c1-5-28-16-6-7-18(17(22)12-16)27-14(3)19-13(2)23-24-20(21(19)25-27)15-8-10-26(4)11-9-15/h6-8,12H,5,9-11H2,1-4H3. The van der Waals surface area contributed by atoms with Crippen LogP contribution < -0.4 is 4.74 Å². The van der Waals surface area contributed by atoms with Gasteiger partial charge < -0.3 is 9.64 Å². The predicted octanol–water partition coefficient (Wildman–Crippen LogP) is 3.69. The van der Waals surface area contributed by atoms with Crippen LogP contribution in [0.3, 0.4) is 0 Å². The SMILES string of the molecule is CCOc1ccc(-n2nc3c(C4=CCN(C)CC4)nnc(C)c3c2C)c(F)c1. The quantitative estimate of drug-likeness (QED) is 0.690. The van der Waals surface area contributed by atoms with Gasteiger partial charge in [0.05, 0.1) is 18.0 Å². The van der Waals surface area contributed by atoms with E-state index in [1.165, 1.54) is 6.07 Å². The highest BCUT2D eigenvalue weighted by atomic mass is 19.1. The van der Waals surface area contributed by atoms with Crippen molar-refractivity contribution in [2.24, 2.45) is 0 Å². The van der Waals surface area contributed by atoms with E-state index in [4.69, 9.17) is 9.84 Å². The lowest BCUT2D eigenvalue weighted by Gasteiger charge is -2.21. The molecule has 1 aromatic carbocycles. The molecule has 0 aliphatic carbocycles. The summed E-state index contributed by atoms with van der Waals surface area (Å²) in [5, 5.41) is 14.5. The highest BCUT2D eigenvalue weighted by Crippen LogP contribution is 2.31. The van der Waals surface area contributed by atoms with Crippen LogP contribution in [-0.2, 0) is 0 Å². The summed E-state index contributed by atoms with van der Waals surface area (Å²) in [7, 11) is 2.09. The summed E-state index contributed by atoms with van der Waals surface area (Å²) in [5.41, 5.74) is 4.74. The second-order valence-corrected chi connectivity index (χ2v) is 7.14. The van der Waals surface area contributed by atoms with Gasteiger partial charge in [-0.2, -0.15) is 10.2 Å².